The van der Waals surface area contributed by atoms with Crippen molar-refractivity contribution in [1.29, 1.82) is 0 Å². The molecule has 0 aromatic carbocycles. The van der Waals surface area contributed by atoms with Gasteiger partial charge in [0.15, 0.2) is 0 Å². The molecule has 1 saturated heterocycles. The zero-order chi connectivity index (χ0) is 7.45. The van der Waals surface area contributed by atoms with Crippen molar-refractivity contribution in [1.82, 2.24) is 0 Å². The average molecular weight is 178 g/mol. The lowest BCUT2D eigenvalue weighted by molar-refractivity contribution is 0.265. The van der Waals surface area contributed by atoms with Crippen molar-refractivity contribution in [2.75, 3.05) is 20.0 Å². The van der Waals surface area contributed by atoms with E-state index in [-0.39, 0.29) is 0 Å². The maximum atomic E-state index is 5.41. The van der Waals surface area contributed by atoms with E-state index in [0.717, 1.165) is 6.04 Å². The first-order valence-electron chi connectivity index (χ1n) is 3.57. The summed E-state index contributed by atoms with van der Waals surface area (Å²) >= 11 is 1.91. The van der Waals surface area contributed by atoms with E-state index < -0.39 is 7.71 Å². The first kappa shape index (κ1) is 8.58. The maximum Gasteiger partial charge on any atom is 0.405 e. The Hall–Kier alpha value is 0.487. The molecule has 0 aromatic heterocycles. The summed E-state index contributed by atoms with van der Waals surface area (Å²) in [5.74, 6) is 1.22. The second-order valence-electron chi connectivity index (χ2n) is 2.40. The van der Waals surface area contributed by atoms with Crippen molar-refractivity contribution in [2.45, 2.75) is 18.9 Å². The minimum Gasteiger partial charge on any atom is -0.390 e. The van der Waals surface area contributed by atoms with Crippen molar-refractivity contribution in [3.8, 4) is 0 Å². The van der Waals surface area contributed by atoms with E-state index in [0.29, 0.717) is 0 Å². The van der Waals surface area contributed by atoms with Crippen LogP contribution in [0.25, 0.3) is 0 Å². The van der Waals surface area contributed by atoms with Crippen LogP contribution in [0.2, 0.25) is 6.04 Å². The molecule has 2 nitrogen and oxygen atoms in total. The third-order valence-corrected chi connectivity index (χ3v) is 8.51. The van der Waals surface area contributed by atoms with Crippen LogP contribution in [0, 0.1) is 0 Å². The summed E-state index contributed by atoms with van der Waals surface area (Å²) in [6.45, 7) is 0. The Kier molecular flexibility index (Phi) is 3.22. The highest BCUT2D eigenvalue weighted by molar-refractivity contribution is 8.27. The fourth-order valence-electron chi connectivity index (χ4n) is 1.15. The molecule has 0 unspecified atom stereocenters. The molecule has 10 heavy (non-hydrogen) atoms. The fourth-order valence-corrected chi connectivity index (χ4v) is 6.39. The van der Waals surface area contributed by atoms with Crippen LogP contribution in [0.4, 0.5) is 0 Å². The zero-order valence-corrected chi connectivity index (χ0v) is 8.37. The molecule has 0 atom stereocenters. The van der Waals surface area contributed by atoms with E-state index in [2.05, 4.69) is 0 Å². The van der Waals surface area contributed by atoms with Crippen molar-refractivity contribution in [2.24, 2.45) is 0 Å². The van der Waals surface area contributed by atoms with Gasteiger partial charge in [-0.25, -0.2) is 0 Å². The summed E-state index contributed by atoms with van der Waals surface area (Å²) < 4.78 is 10.8. The zero-order valence-electron chi connectivity index (χ0n) is 6.55. The van der Waals surface area contributed by atoms with Gasteiger partial charge in [0.25, 0.3) is 0 Å². The van der Waals surface area contributed by atoms with Gasteiger partial charge in [-0.1, -0.05) is 0 Å². The van der Waals surface area contributed by atoms with Gasteiger partial charge in [0.1, 0.15) is 0 Å². The largest absolute Gasteiger partial charge is 0.405 e. The molecule has 1 fully saturated rings. The van der Waals surface area contributed by atoms with Crippen molar-refractivity contribution >= 4 is 18.9 Å². The van der Waals surface area contributed by atoms with Gasteiger partial charge in [-0.3, -0.25) is 0 Å². The first-order chi connectivity index (χ1) is 4.83. The van der Waals surface area contributed by atoms with Gasteiger partial charge in [0.05, 0.1) is 0 Å². The van der Waals surface area contributed by atoms with Crippen LogP contribution in [-0.2, 0) is 8.85 Å². The molecule has 0 N–H and O–H groups in total. The molecule has 0 aromatic rings. The Morgan fingerprint density at radius 3 is 2.20 bits per heavy atom. The third kappa shape index (κ3) is 1.75. The summed E-state index contributed by atoms with van der Waals surface area (Å²) in [7, 11) is 1.83. The summed E-state index contributed by atoms with van der Waals surface area (Å²) in [6, 6.07) is 1.16. The Labute approximate surface area is 67.2 Å². The summed E-state index contributed by atoms with van der Waals surface area (Å²) in [4.78, 5) is 0. The van der Waals surface area contributed by atoms with Crippen LogP contribution in [0.15, 0.2) is 0 Å². The van der Waals surface area contributed by atoms with E-state index in [1.54, 1.807) is 14.2 Å². The van der Waals surface area contributed by atoms with Crippen molar-refractivity contribution < 1.29 is 8.85 Å². The molecule has 1 aliphatic heterocycles. The van der Waals surface area contributed by atoms with Crippen LogP contribution in [-0.4, -0.2) is 27.7 Å². The van der Waals surface area contributed by atoms with Gasteiger partial charge in [-0.05, 0) is 18.6 Å². The first-order valence-corrected chi connectivity index (χ1v) is 7.31. The Bertz CT molecular complexity index is 97.9. The van der Waals surface area contributed by atoms with Crippen LogP contribution in [0.3, 0.4) is 0 Å². The topological polar surface area (TPSA) is 18.5 Å². The molecule has 0 saturated carbocycles. The molecule has 1 rings (SSSR count). The normalized spacial score (nSPS) is 24.6. The fraction of sp³-hybridized carbons (Fsp3) is 1.00. The minimum atomic E-state index is -1.71. The van der Waals surface area contributed by atoms with E-state index in [1.165, 1.54) is 18.6 Å². The van der Waals surface area contributed by atoms with E-state index >= 15 is 0 Å². The third-order valence-electron chi connectivity index (χ3n) is 1.82. The van der Waals surface area contributed by atoms with Crippen LogP contribution < -0.4 is 0 Å². The molecule has 1 aliphatic rings. The van der Waals surface area contributed by atoms with Crippen LogP contribution >= 0.6 is 11.2 Å². The van der Waals surface area contributed by atoms with E-state index in [1.807, 2.05) is 11.2 Å². The molecule has 1 heterocycles. The lowest BCUT2D eigenvalue weighted by Crippen LogP contribution is -2.38. The highest BCUT2D eigenvalue weighted by Gasteiger charge is 2.38. The van der Waals surface area contributed by atoms with Gasteiger partial charge < -0.3 is 8.85 Å². The van der Waals surface area contributed by atoms with Crippen LogP contribution in [0.5, 0.6) is 0 Å². The van der Waals surface area contributed by atoms with E-state index in [9.17, 15) is 0 Å². The van der Waals surface area contributed by atoms with Crippen molar-refractivity contribution in [3.05, 3.63) is 0 Å². The molecule has 0 aliphatic carbocycles. The SMILES string of the molecule is CO[Si]1(OC)CCCCS1. The van der Waals surface area contributed by atoms with Gasteiger partial charge in [0.2, 0.25) is 0 Å². The molecule has 60 valence electrons. The smallest absolute Gasteiger partial charge is 0.390 e. The molecule has 0 amide bonds. The predicted molar refractivity (Wildman–Crippen MR) is 46.3 cm³/mol. The standard InChI is InChI=1S/C6H14O2SSi/c1-7-10(8-2)6-4-3-5-9-10/h3-6H2,1-2H3. The lowest BCUT2D eigenvalue weighted by atomic mass is 10.4. The molecule has 0 radical (unpaired) electrons. The lowest BCUT2D eigenvalue weighted by Gasteiger charge is -2.29. The summed E-state index contributed by atoms with van der Waals surface area (Å²) in [5.41, 5.74) is 0. The number of hydrogen-bond acceptors (Lipinski definition) is 3. The monoisotopic (exact) mass is 178 g/mol. The highest BCUT2D eigenvalue weighted by Crippen LogP contribution is 2.33. The average Bonchev–Trinajstić information content (AvgIpc) is 2.06. The minimum absolute atomic E-state index is 1.16. The molecule has 0 spiro atoms. The van der Waals surface area contributed by atoms with E-state index in [4.69, 9.17) is 8.85 Å². The Balaban J connectivity index is 2.44. The molecule has 4 heteroatoms. The highest BCUT2D eigenvalue weighted by atomic mass is 32.4. The number of hydrogen-bond donors (Lipinski definition) is 0. The van der Waals surface area contributed by atoms with Crippen molar-refractivity contribution in [3.63, 3.8) is 0 Å². The van der Waals surface area contributed by atoms with Gasteiger partial charge in [-0.2, -0.15) is 0 Å². The van der Waals surface area contributed by atoms with Gasteiger partial charge in [0, 0.05) is 20.3 Å². The molecule has 0 bridgehead atoms. The Morgan fingerprint density at radius 2 is 1.90 bits per heavy atom. The molecular weight excluding hydrogens is 164 g/mol. The molecular formula is C6H14O2SSi. The van der Waals surface area contributed by atoms with Gasteiger partial charge >= 0.3 is 7.71 Å². The quantitative estimate of drug-likeness (QED) is 0.600. The number of rotatable bonds is 2. The maximum absolute atomic E-state index is 5.41. The second kappa shape index (κ2) is 3.76. The van der Waals surface area contributed by atoms with Crippen LogP contribution in [0.1, 0.15) is 12.8 Å². The summed E-state index contributed by atoms with van der Waals surface area (Å²) in [5, 5.41) is 0. The van der Waals surface area contributed by atoms with Gasteiger partial charge in [-0.15, -0.1) is 11.2 Å². The Morgan fingerprint density at radius 1 is 1.20 bits per heavy atom. The summed E-state index contributed by atoms with van der Waals surface area (Å²) in [6.07, 6.45) is 2.60. The second-order valence-corrected chi connectivity index (χ2v) is 8.51. The predicted octanol–water partition coefficient (Wildman–Crippen LogP) is 1.75.